The number of aryl methyl sites for hydroxylation is 2. The van der Waals surface area contributed by atoms with Gasteiger partial charge in [-0.1, -0.05) is 0 Å². The van der Waals surface area contributed by atoms with E-state index in [-0.39, 0.29) is 11.0 Å². The lowest BCUT2D eigenvalue weighted by molar-refractivity contribution is 0.0999. The van der Waals surface area contributed by atoms with Crippen LogP contribution in [-0.4, -0.2) is 10.5 Å². The van der Waals surface area contributed by atoms with Gasteiger partial charge in [-0.15, -0.1) is 11.3 Å². The first-order valence-electron chi connectivity index (χ1n) is 4.40. The van der Waals surface area contributed by atoms with Crippen molar-refractivity contribution < 1.29 is 4.79 Å². The van der Waals surface area contributed by atoms with E-state index in [4.69, 9.17) is 5.73 Å². The number of carbonyl (C=O) groups is 1. The third-order valence-electron chi connectivity index (χ3n) is 2.25. The number of rotatable bonds is 1. The summed E-state index contributed by atoms with van der Waals surface area (Å²) in [5, 5.41) is 0. The fourth-order valence-electron chi connectivity index (χ4n) is 1.55. The van der Waals surface area contributed by atoms with Gasteiger partial charge in [-0.05, 0) is 13.0 Å². The third kappa shape index (κ3) is 1.45. The van der Waals surface area contributed by atoms with E-state index in [0.717, 1.165) is 10.4 Å². The first-order valence-corrected chi connectivity index (χ1v) is 5.22. The normalized spacial score (nSPS) is 10.8. The molecule has 0 unspecified atom stereocenters. The van der Waals surface area contributed by atoms with Gasteiger partial charge >= 0.3 is 0 Å². The Morgan fingerprint density at radius 3 is 2.80 bits per heavy atom. The minimum atomic E-state index is -0.677. The van der Waals surface area contributed by atoms with E-state index in [1.54, 1.807) is 11.6 Å². The Kier molecular flexibility index (Phi) is 2.12. The molecule has 2 aromatic rings. The Bertz CT molecular complexity index is 610. The maximum absolute atomic E-state index is 11.8. The highest BCUT2D eigenvalue weighted by Gasteiger charge is 2.13. The quantitative estimate of drug-likeness (QED) is 0.782. The molecule has 0 aliphatic heterocycles. The van der Waals surface area contributed by atoms with E-state index < -0.39 is 5.91 Å². The average Bonchev–Trinajstić information content (AvgIpc) is 2.53. The molecule has 0 atom stereocenters. The fourth-order valence-corrected chi connectivity index (χ4v) is 2.55. The monoisotopic (exact) mass is 222 g/mol. The second-order valence-corrected chi connectivity index (χ2v) is 4.67. The van der Waals surface area contributed by atoms with Crippen LogP contribution in [0, 0.1) is 6.92 Å². The van der Waals surface area contributed by atoms with E-state index in [1.165, 1.54) is 17.5 Å². The summed E-state index contributed by atoms with van der Waals surface area (Å²) >= 11 is 1.38. The van der Waals surface area contributed by atoms with Gasteiger partial charge < -0.3 is 10.3 Å². The topological polar surface area (TPSA) is 65.1 Å². The van der Waals surface area contributed by atoms with Crippen molar-refractivity contribution in [1.82, 2.24) is 4.57 Å². The lowest BCUT2D eigenvalue weighted by Crippen LogP contribution is -2.22. The van der Waals surface area contributed by atoms with Gasteiger partial charge in [-0.2, -0.15) is 0 Å². The maximum Gasteiger partial charge on any atom is 0.254 e. The largest absolute Gasteiger partial charge is 0.365 e. The van der Waals surface area contributed by atoms with Gasteiger partial charge in [0.2, 0.25) is 5.43 Å². The predicted molar refractivity (Wildman–Crippen MR) is 60.3 cm³/mol. The first-order chi connectivity index (χ1) is 7.00. The molecule has 78 valence electrons. The van der Waals surface area contributed by atoms with Crippen LogP contribution in [0.15, 0.2) is 17.1 Å². The van der Waals surface area contributed by atoms with Crippen molar-refractivity contribution in [2.45, 2.75) is 6.92 Å². The highest BCUT2D eigenvalue weighted by atomic mass is 32.1. The van der Waals surface area contributed by atoms with Gasteiger partial charge in [0, 0.05) is 18.1 Å². The molecule has 0 aliphatic rings. The van der Waals surface area contributed by atoms with E-state index in [1.807, 2.05) is 13.0 Å². The molecule has 0 radical (unpaired) electrons. The van der Waals surface area contributed by atoms with Crippen LogP contribution in [0.3, 0.4) is 0 Å². The number of hydrogen-bond acceptors (Lipinski definition) is 3. The second kappa shape index (κ2) is 3.20. The van der Waals surface area contributed by atoms with Crippen molar-refractivity contribution >= 4 is 27.5 Å². The molecule has 15 heavy (non-hydrogen) atoms. The summed E-state index contributed by atoms with van der Waals surface area (Å²) in [4.78, 5) is 23.9. The average molecular weight is 222 g/mol. The number of hydrogen-bond donors (Lipinski definition) is 1. The number of amides is 1. The number of aromatic nitrogens is 1. The van der Waals surface area contributed by atoms with Crippen LogP contribution < -0.4 is 11.2 Å². The van der Waals surface area contributed by atoms with Gasteiger partial charge in [0.1, 0.15) is 5.56 Å². The summed E-state index contributed by atoms with van der Waals surface area (Å²) < 4.78 is 2.34. The molecule has 0 fully saturated rings. The number of primary amides is 1. The van der Waals surface area contributed by atoms with Crippen LogP contribution in [0.1, 0.15) is 15.2 Å². The Hall–Kier alpha value is -1.62. The zero-order valence-corrected chi connectivity index (χ0v) is 9.22. The van der Waals surface area contributed by atoms with Crippen LogP contribution in [0.4, 0.5) is 0 Å². The van der Waals surface area contributed by atoms with Crippen LogP contribution in [-0.2, 0) is 7.05 Å². The number of nitrogens with zero attached hydrogens (tertiary/aromatic N) is 1. The van der Waals surface area contributed by atoms with Gasteiger partial charge in [0.05, 0.1) is 10.2 Å². The summed E-state index contributed by atoms with van der Waals surface area (Å²) in [6.45, 7) is 1.92. The molecule has 0 bridgehead atoms. The Balaban J connectivity index is 2.96. The molecule has 2 N–H and O–H groups in total. The molecule has 0 spiro atoms. The molecule has 2 heterocycles. The lowest BCUT2D eigenvalue weighted by Gasteiger charge is -2.02. The molecule has 0 aromatic carbocycles. The highest BCUT2D eigenvalue weighted by Crippen LogP contribution is 2.21. The van der Waals surface area contributed by atoms with E-state index >= 15 is 0 Å². The minimum Gasteiger partial charge on any atom is -0.365 e. The van der Waals surface area contributed by atoms with Crippen molar-refractivity contribution in [1.29, 1.82) is 0 Å². The highest BCUT2D eigenvalue weighted by molar-refractivity contribution is 7.18. The lowest BCUT2D eigenvalue weighted by atomic mass is 10.2. The molecule has 0 saturated heterocycles. The van der Waals surface area contributed by atoms with Crippen molar-refractivity contribution in [2.75, 3.05) is 0 Å². The Labute approximate surface area is 89.9 Å². The summed E-state index contributed by atoms with van der Waals surface area (Å²) in [5.74, 6) is -0.677. The number of carbonyl (C=O) groups excluding carboxylic acids is 1. The van der Waals surface area contributed by atoms with E-state index in [9.17, 15) is 9.59 Å². The molecule has 2 aromatic heterocycles. The van der Waals surface area contributed by atoms with Gasteiger partial charge in [-0.3, -0.25) is 9.59 Å². The standard InChI is InChI=1S/C10H10N2O2S/c1-5-3-7-9(15-5)8(13)6(10(11)14)4-12(7)2/h3-4H,1-2H3,(H2,11,14). The number of thiophene rings is 1. The van der Waals surface area contributed by atoms with Crippen molar-refractivity contribution in [3.05, 3.63) is 32.9 Å². The first kappa shape index (κ1) is 9.92. The van der Waals surface area contributed by atoms with Crippen LogP contribution in [0.25, 0.3) is 10.2 Å². The summed E-state index contributed by atoms with van der Waals surface area (Å²) in [5.41, 5.74) is 5.75. The fraction of sp³-hybridized carbons (Fsp3) is 0.200. The predicted octanol–water partition coefficient (Wildman–Crippen LogP) is 1.01. The van der Waals surface area contributed by atoms with Crippen molar-refractivity contribution in [3.63, 3.8) is 0 Å². The van der Waals surface area contributed by atoms with Crippen LogP contribution in [0.2, 0.25) is 0 Å². The van der Waals surface area contributed by atoms with Gasteiger partial charge in [0.15, 0.2) is 0 Å². The number of fused-ring (bicyclic) bond motifs is 1. The van der Waals surface area contributed by atoms with Crippen LogP contribution >= 0.6 is 11.3 Å². The maximum atomic E-state index is 11.8. The minimum absolute atomic E-state index is 0.0480. The van der Waals surface area contributed by atoms with Gasteiger partial charge in [-0.25, -0.2) is 0 Å². The van der Waals surface area contributed by atoms with E-state index in [2.05, 4.69) is 0 Å². The number of nitrogens with two attached hydrogens (primary N) is 1. The Morgan fingerprint density at radius 2 is 2.20 bits per heavy atom. The van der Waals surface area contributed by atoms with Crippen molar-refractivity contribution in [3.8, 4) is 0 Å². The molecular formula is C10H10N2O2S. The molecule has 5 heteroatoms. The smallest absolute Gasteiger partial charge is 0.254 e. The van der Waals surface area contributed by atoms with E-state index in [0.29, 0.717) is 4.70 Å². The van der Waals surface area contributed by atoms with Gasteiger partial charge in [0.25, 0.3) is 5.91 Å². The Morgan fingerprint density at radius 1 is 1.53 bits per heavy atom. The zero-order chi connectivity index (χ0) is 11.2. The molecule has 0 saturated carbocycles. The SMILES string of the molecule is Cc1cc2c(s1)c(=O)c(C(N)=O)cn2C. The second-order valence-electron chi connectivity index (χ2n) is 3.42. The molecule has 1 amide bonds. The molecule has 0 aliphatic carbocycles. The summed E-state index contributed by atoms with van der Waals surface area (Å²) in [6.07, 6.45) is 1.49. The number of pyridine rings is 1. The summed E-state index contributed by atoms with van der Waals surface area (Å²) in [6, 6.07) is 1.92. The van der Waals surface area contributed by atoms with Crippen molar-refractivity contribution in [2.24, 2.45) is 12.8 Å². The molecular weight excluding hydrogens is 212 g/mol. The molecule has 4 nitrogen and oxygen atoms in total. The third-order valence-corrected chi connectivity index (χ3v) is 3.29. The molecule has 2 rings (SSSR count). The summed E-state index contributed by atoms with van der Waals surface area (Å²) in [7, 11) is 1.79. The zero-order valence-electron chi connectivity index (χ0n) is 8.40. The van der Waals surface area contributed by atoms with Crippen LogP contribution in [0.5, 0.6) is 0 Å².